The van der Waals surface area contributed by atoms with Gasteiger partial charge in [0.15, 0.2) is 0 Å². The lowest BCUT2D eigenvalue weighted by atomic mass is 9.82. The summed E-state index contributed by atoms with van der Waals surface area (Å²) in [4.78, 5) is 2.41. The van der Waals surface area contributed by atoms with E-state index in [-0.39, 0.29) is 5.41 Å². The van der Waals surface area contributed by atoms with Crippen LogP contribution < -0.4 is 4.90 Å². The molecule has 91 heavy (non-hydrogen) atoms. The molecule has 0 radical (unpaired) electrons. The third-order valence-corrected chi connectivity index (χ3v) is 19.5. The van der Waals surface area contributed by atoms with E-state index in [0.717, 1.165) is 34.1 Å². The summed E-state index contributed by atoms with van der Waals surface area (Å²) in [7, 11) is 0. The summed E-state index contributed by atoms with van der Waals surface area (Å²) in [5.41, 5.74) is 28.3. The maximum Gasteiger partial charge on any atom is 0.0541 e. The van der Waals surface area contributed by atoms with E-state index < -0.39 is 0 Å². The van der Waals surface area contributed by atoms with Gasteiger partial charge in [0.1, 0.15) is 0 Å². The molecular formula is C87H60N4. The molecule has 4 heteroatoms. The average molecular weight is 1160 g/mol. The number of rotatable bonds is 10. The lowest BCUT2D eigenvalue weighted by Crippen LogP contribution is -2.17. The Kier molecular flexibility index (Phi) is 11.9. The summed E-state index contributed by atoms with van der Waals surface area (Å²) >= 11 is 0. The minimum absolute atomic E-state index is 0.313. The van der Waals surface area contributed by atoms with Crippen molar-refractivity contribution in [2.24, 2.45) is 0 Å². The predicted octanol–water partition coefficient (Wildman–Crippen LogP) is 23.4. The van der Waals surface area contributed by atoms with E-state index in [1.165, 1.54) is 132 Å². The standard InChI is InChI=1S/C87H60N4/c1-87(2)79-55-69(88(65-39-29-59(30-40-65)57-17-5-3-6-18-57)66-41-31-60(32-42-66)58-19-7-4-8-20-58)47-49-71(79)72-50-48-70(56-80(72)87)91-85-51-37-63(61-33-43-67(44-34-61)89-81-25-13-9-21-73(81)74-22-10-14-26-82(74)89)53-77(85)78-54-64(38-52-86(78)91)62-35-45-68(46-36-62)90-83-27-15-11-23-75(83)76-24-12-16-28-84(76)90/h3-56H,1-2H3. The van der Waals surface area contributed by atoms with Crippen LogP contribution in [0, 0.1) is 0 Å². The zero-order valence-electron chi connectivity index (χ0n) is 50.5. The van der Waals surface area contributed by atoms with Gasteiger partial charge in [-0.3, -0.25) is 0 Å². The van der Waals surface area contributed by atoms with Crippen molar-refractivity contribution in [2.45, 2.75) is 19.3 Å². The SMILES string of the molecule is CC1(C)c2cc(N(c3ccc(-c4ccccc4)cc3)c3ccc(-c4ccccc4)cc3)ccc2-c2ccc(-n3c4ccc(-c5ccc(-n6c7ccccc7c7ccccc76)cc5)cc4c4cc(-c5ccc(-n6c7ccccc7c7ccccc76)cc5)ccc43)cc21. The fourth-order valence-corrected chi connectivity index (χ4v) is 15.0. The minimum atomic E-state index is -0.313. The van der Waals surface area contributed by atoms with Crippen LogP contribution in [0.3, 0.4) is 0 Å². The van der Waals surface area contributed by atoms with Crippen LogP contribution in [0.1, 0.15) is 25.0 Å². The van der Waals surface area contributed by atoms with Gasteiger partial charge in [0.05, 0.1) is 33.1 Å². The molecule has 0 fully saturated rings. The quantitative estimate of drug-likeness (QED) is 0.133. The molecule has 0 atom stereocenters. The zero-order valence-corrected chi connectivity index (χ0v) is 50.5. The number of aromatic nitrogens is 3. The number of fused-ring (bicyclic) bond motifs is 12. The Balaban J connectivity index is 0.743. The van der Waals surface area contributed by atoms with Gasteiger partial charge in [-0.1, -0.05) is 220 Å². The first-order valence-corrected chi connectivity index (χ1v) is 31.6. The van der Waals surface area contributed by atoms with Crippen molar-refractivity contribution >= 4 is 82.5 Å². The van der Waals surface area contributed by atoms with Crippen molar-refractivity contribution in [2.75, 3.05) is 4.90 Å². The number of para-hydroxylation sites is 4. The molecule has 1 aliphatic carbocycles. The van der Waals surface area contributed by atoms with Gasteiger partial charge in [0.25, 0.3) is 0 Å². The van der Waals surface area contributed by atoms with E-state index in [4.69, 9.17) is 0 Å². The molecule has 4 nitrogen and oxygen atoms in total. The zero-order chi connectivity index (χ0) is 60.3. The Bertz CT molecular complexity index is 5290. The number of anilines is 3. The van der Waals surface area contributed by atoms with Crippen molar-refractivity contribution in [3.63, 3.8) is 0 Å². The molecule has 0 saturated carbocycles. The second kappa shape index (κ2) is 20.7. The third-order valence-electron chi connectivity index (χ3n) is 19.5. The number of benzene rings is 14. The summed E-state index contributed by atoms with van der Waals surface area (Å²) in [6.45, 7) is 4.81. The number of hydrogen-bond donors (Lipinski definition) is 0. The van der Waals surface area contributed by atoms with Gasteiger partial charge in [-0.15, -0.1) is 0 Å². The fourth-order valence-electron chi connectivity index (χ4n) is 15.0. The van der Waals surface area contributed by atoms with Crippen LogP contribution in [0.5, 0.6) is 0 Å². The van der Waals surface area contributed by atoms with Gasteiger partial charge in [0, 0.05) is 71.9 Å². The molecule has 0 N–H and O–H groups in total. The third kappa shape index (κ3) is 8.44. The van der Waals surface area contributed by atoms with Crippen molar-refractivity contribution in [3.8, 4) is 72.7 Å². The highest BCUT2D eigenvalue weighted by Crippen LogP contribution is 2.52. The molecule has 0 aliphatic heterocycles. The monoisotopic (exact) mass is 1160 g/mol. The molecule has 0 spiro atoms. The summed E-state index contributed by atoms with van der Waals surface area (Å²) < 4.78 is 7.29. The van der Waals surface area contributed by atoms with Gasteiger partial charge in [0.2, 0.25) is 0 Å². The first-order valence-electron chi connectivity index (χ1n) is 31.6. The van der Waals surface area contributed by atoms with Crippen LogP contribution in [0.4, 0.5) is 17.1 Å². The fraction of sp³-hybridized carbons (Fsp3) is 0.0345. The van der Waals surface area contributed by atoms with Crippen LogP contribution in [-0.2, 0) is 5.41 Å². The van der Waals surface area contributed by atoms with Crippen LogP contribution in [0.2, 0.25) is 0 Å². The van der Waals surface area contributed by atoms with Crippen LogP contribution in [-0.4, -0.2) is 13.7 Å². The van der Waals surface area contributed by atoms with Gasteiger partial charge >= 0.3 is 0 Å². The van der Waals surface area contributed by atoms with Crippen molar-refractivity contribution < 1.29 is 0 Å². The molecule has 0 amide bonds. The molecule has 3 heterocycles. The van der Waals surface area contributed by atoms with Crippen LogP contribution in [0.15, 0.2) is 328 Å². The Morgan fingerprint density at radius 1 is 0.220 bits per heavy atom. The predicted molar refractivity (Wildman–Crippen MR) is 383 cm³/mol. The van der Waals surface area contributed by atoms with Crippen molar-refractivity contribution in [3.05, 3.63) is 339 Å². The summed E-state index contributed by atoms with van der Waals surface area (Å²) in [6, 6.07) is 121. The van der Waals surface area contributed by atoms with E-state index in [0.29, 0.717) is 0 Å². The first kappa shape index (κ1) is 52.4. The first-order chi connectivity index (χ1) is 44.9. The highest BCUT2D eigenvalue weighted by Gasteiger charge is 2.37. The molecule has 17 aromatic rings. The van der Waals surface area contributed by atoms with Crippen LogP contribution in [0.25, 0.3) is 138 Å². The Morgan fingerprint density at radius 2 is 0.516 bits per heavy atom. The summed E-state index contributed by atoms with van der Waals surface area (Å²) in [6.07, 6.45) is 0. The number of hydrogen-bond acceptors (Lipinski definition) is 1. The summed E-state index contributed by atoms with van der Waals surface area (Å²) in [5, 5.41) is 7.47. The molecule has 1 aliphatic rings. The van der Waals surface area contributed by atoms with Crippen LogP contribution >= 0.6 is 0 Å². The molecule has 14 aromatic carbocycles. The Labute approximate surface area is 528 Å². The van der Waals surface area contributed by atoms with Crippen molar-refractivity contribution in [1.82, 2.24) is 13.7 Å². The lowest BCUT2D eigenvalue weighted by molar-refractivity contribution is 0.660. The molecule has 428 valence electrons. The lowest BCUT2D eigenvalue weighted by Gasteiger charge is -2.28. The van der Waals surface area contributed by atoms with E-state index in [1.54, 1.807) is 0 Å². The van der Waals surface area contributed by atoms with E-state index >= 15 is 0 Å². The maximum absolute atomic E-state index is 2.50. The second-order valence-electron chi connectivity index (χ2n) is 24.9. The normalized spacial score (nSPS) is 12.6. The highest BCUT2D eigenvalue weighted by atomic mass is 15.1. The molecule has 0 bridgehead atoms. The van der Waals surface area contributed by atoms with Gasteiger partial charge in [-0.25, -0.2) is 0 Å². The molecule has 3 aromatic heterocycles. The van der Waals surface area contributed by atoms with Crippen molar-refractivity contribution in [1.29, 1.82) is 0 Å². The Hall–Kier alpha value is -11.7. The maximum atomic E-state index is 2.50. The average Bonchev–Trinajstić information content (AvgIpc) is 1.63. The summed E-state index contributed by atoms with van der Waals surface area (Å²) in [5.74, 6) is 0. The van der Waals surface area contributed by atoms with Gasteiger partial charge in [-0.05, 0) is 188 Å². The molecule has 18 rings (SSSR count). The second-order valence-corrected chi connectivity index (χ2v) is 24.9. The van der Waals surface area contributed by atoms with E-state index in [2.05, 4.69) is 360 Å². The number of nitrogens with zero attached hydrogens (tertiary/aromatic N) is 4. The minimum Gasteiger partial charge on any atom is -0.310 e. The smallest absolute Gasteiger partial charge is 0.0541 e. The molecule has 0 unspecified atom stereocenters. The van der Waals surface area contributed by atoms with E-state index in [9.17, 15) is 0 Å². The topological polar surface area (TPSA) is 18.0 Å². The Morgan fingerprint density at radius 3 is 0.945 bits per heavy atom. The highest BCUT2D eigenvalue weighted by molar-refractivity contribution is 6.13. The molecule has 0 saturated heterocycles. The van der Waals surface area contributed by atoms with Gasteiger partial charge in [-0.2, -0.15) is 0 Å². The largest absolute Gasteiger partial charge is 0.310 e. The van der Waals surface area contributed by atoms with E-state index in [1.807, 2.05) is 0 Å². The molecular weight excluding hydrogens is 1100 g/mol. The van der Waals surface area contributed by atoms with Gasteiger partial charge < -0.3 is 18.6 Å².